The first-order chi connectivity index (χ1) is 9.11. The molecule has 1 atom stereocenters. The van der Waals surface area contributed by atoms with Crippen LogP contribution in [0.15, 0.2) is 11.4 Å². The third kappa shape index (κ3) is 3.26. The number of hydrogen-bond acceptors (Lipinski definition) is 4. The van der Waals surface area contributed by atoms with Crippen LogP contribution in [0.3, 0.4) is 0 Å². The molecule has 19 heavy (non-hydrogen) atoms. The summed E-state index contributed by atoms with van der Waals surface area (Å²) in [6.07, 6.45) is 1.70. The van der Waals surface area contributed by atoms with E-state index >= 15 is 0 Å². The number of carbonyl (C=O) groups is 2. The second kappa shape index (κ2) is 6.06. The molecular formula is C13H17NO4S. The van der Waals surface area contributed by atoms with E-state index in [1.807, 2.05) is 5.38 Å². The summed E-state index contributed by atoms with van der Waals surface area (Å²) in [7, 11) is 1.55. The molecule has 104 valence electrons. The Morgan fingerprint density at radius 2 is 2.37 bits per heavy atom. The topological polar surface area (TPSA) is 66.8 Å². The maximum atomic E-state index is 12.3. The van der Waals surface area contributed by atoms with Gasteiger partial charge >= 0.3 is 5.97 Å². The minimum Gasteiger partial charge on any atom is -0.495 e. The lowest BCUT2D eigenvalue weighted by molar-refractivity contribution is -0.137. The van der Waals surface area contributed by atoms with Gasteiger partial charge in [0.15, 0.2) is 0 Å². The van der Waals surface area contributed by atoms with Gasteiger partial charge < -0.3 is 14.7 Å². The standard InChI is InChI=1S/C13H17NO4S/c1-18-10-5-7-19-12(10)13(17)14-6-4-9(8-14)2-3-11(15)16/h5,7,9H,2-4,6,8H2,1H3,(H,15,16). The van der Waals surface area contributed by atoms with Crippen LogP contribution in [0.2, 0.25) is 0 Å². The van der Waals surface area contributed by atoms with Crippen molar-refractivity contribution >= 4 is 23.2 Å². The summed E-state index contributed by atoms with van der Waals surface area (Å²) < 4.78 is 5.16. The monoisotopic (exact) mass is 283 g/mol. The Kier molecular flexibility index (Phi) is 4.42. The van der Waals surface area contributed by atoms with E-state index in [1.165, 1.54) is 11.3 Å². The van der Waals surface area contributed by atoms with Gasteiger partial charge in [-0.1, -0.05) is 0 Å². The van der Waals surface area contributed by atoms with Gasteiger partial charge in [-0.2, -0.15) is 0 Å². The van der Waals surface area contributed by atoms with Crippen molar-refractivity contribution in [3.8, 4) is 5.75 Å². The van der Waals surface area contributed by atoms with Gasteiger partial charge in [0, 0.05) is 19.5 Å². The summed E-state index contributed by atoms with van der Waals surface area (Å²) in [4.78, 5) is 25.3. The van der Waals surface area contributed by atoms with Crippen LogP contribution >= 0.6 is 11.3 Å². The van der Waals surface area contributed by atoms with Crippen LogP contribution in [0.1, 0.15) is 28.9 Å². The number of amides is 1. The molecule has 0 aromatic carbocycles. The predicted octanol–water partition coefficient (Wildman–Crippen LogP) is 2.08. The second-order valence-electron chi connectivity index (χ2n) is 4.66. The molecule has 2 rings (SSSR count). The average molecular weight is 283 g/mol. The number of aliphatic carboxylic acids is 1. The molecule has 5 nitrogen and oxygen atoms in total. The number of nitrogens with zero attached hydrogens (tertiary/aromatic N) is 1. The predicted molar refractivity (Wildman–Crippen MR) is 71.8 cm³/mol. The van der Waals surface area contributed by atoms with Crippen molar-refractivity contribution in [3.05, 3.63) is 16.3 Å². The zero-order valence-electron chi connectivity index (χ0n) is 10.8. The molecule has 6 heteroatoms. The third-order valence-electron chi connectivity index (χ3n) is 3.38. The molecule has 1 saturated heterocycles. The van der Waals surface area contributed by atoms with Crippen molar-refractivity contribution < 1.29 is 19.4 Å². The zero-order chi connectivity index (χ0) is 13.8. The van der Waals surface area contributed by atoms with E-state index in [2.05, 4.69) is 0 Å². The van der Waals surface area contributed by atoms with Crippen molar-refractivity contribution in [1.82, 2.24) is 4.90 Å². The molecule has 1 amide bonds. The molecule has 1 aromatic heterocycles. The number of thiophene rings is 1. The summed E-state index contributed by atoms with van der Waals surface area (Å²) in [6, 6.07) is 1.79. The number of rotatable bonds is 5. The van der Waals surface area contributed by atoms with Gasteiger partial charge in [0.2, 0.25) is 0 Å². The lowest BCUT2D eigenvalue weighted by Crippen LogP contribution is -2.28. The number of ether oxygens (including phenoxy) is 1. The maximum Gasteiger partial charge on any atom is 0.303 e. The van der Waals surface area contributed by atoms with Gasteiger partial charge in [0.05, 0.1) is 7.11 Å². The third-order valence-corrected chi connectivity index (χ3v) is 4.27. The first-order valence-electron chi connectivity index (χ1n) is 6.24. The fourth-order valence-corrected chi connectivity index (χ4v) is 3.16. The number of likely N-dealkylation sites (tertiary alicyclic amines) is 1. The number of carboxylic acid groups (broad SMARTS) is 1. The van der Waals surface area contributed by atoms with E-state index in [0.717, 1.165) is 6.42 Å². The maximum absolute atomic E-state index is 12.3. The van der Waals surface area contributed by atoms with Gasteiger partial charge in [-0.3, -0.25) is 9.59 Å². The highest BCUT2D eigenvalue weighted by molar-refractivity contribution is 7.12. The molecule has 0 spiro atoms. The SMILES string of the molecule is COc1ccsc1C(=O)N1CCC(CCC(=O)O)C1. The molecule has 1 aliphatic rings. The normalized spacial score (nSPS) is 18.6. The smallest absolute Gasteiger partial charge is 0.303 e. The summed E-state index contributed by atoms with van der Waals surface area (Å²) in [5.41, 5.74) is 0. The van der Waals surface area contributed by atoms with E-state index in [9.17, 15) is 9.59 Å². The number of methoxy groups -OCH3 is 1. The van der Waals surface area contributed by atoms with E-state index in [1.54, 1.807) is 18.1 Å². The Bertz CT molecular complexity index is 471. The summed E-state index contributed by atoms with van der Waals surface area (Å²) in [6.45, 7) is 1.34. The molecule has 1 aliphatic heterocycles. The van der Waals surface area contributed by atoms with Gasteiger partial charge in [0.25, 0.3) is 5.91 Å². The van der Waals surface area contributed by atoms with Gasteiger partial charge in [0.1, 0.15) is 10.6 Å². The summed E-state index contributed by atoms with van der Waals surface area (Å²) >= 11 is 1.38. The fraction of sp³-hybridized carbons (Fsp3) is 0.538. The molecule has 0 radical (unpaired) electrons. The molecule has 0 saturated carbocycles. The highest BCUT2D eigenvalue weighted by atomic mass is 32.1. The van der Waals surface area contributed by atoms with Crippen LogP contribution in [0, 0.1) is 5.92 Å². The van der Waals surface area contributed by atoms with E-state index < -0.39 is 5.97 Å². The number of carboxylic acids is 1. The number of hydrogen-bond donors (Lipinski definition) is 1. The Balaban J connectivity index is 1.93. The van der Waals surface area contributed by atoms with Crippen molar-refractivity contribution in [2.45, 2.75) is 19.3 Å². The Hall–Kier alpha value is -1.56. The minimum absolute atomic E-state index is 0.00956. The van der Waals surface area contributed by atoms with Crippen LogP contribution in [0.4, 0.5) is 0 Å². The van der Waals surface area contributed by atoms with Gasteiger partial charge in [-0.05, 0) is 30.2 Å². The van der Waals surface area contributed by atoms with Gasteiger partial charge in [-0.15, -0.1) is 11.3 Å². The first-order valence-corrected chi connectivity index (χ1v) is 7.12. The lowest BCUT2D eigenvalue weighted by Gasteiger charge is -2.16. The van der Waals surface area contributed by atoms with E-state index in [-0.39, 0.29) is 12.3 Å². The molecule has 1 fully saturated rings. The Labute approximate surface area is 115 Å². The van der Waals surface area contributed by atoms with E-state index in [0.29, 0.717) is 36.1 Å². The first kappa shape index (κ1) is 13.9. The molecule has 1 N–H and O–H groups in total. The Morgan fingerprint density at radius 3 is 3.05 bits per heavy atom. The molecular weight excluding hydrogens is 266 g/mol. The van der Waals surface area contributed by atoms with E-state index in [4.69, 9.17) is 9.84 Å². The van der Waals surface area contributed by atoms with Crippen LogP contribution in [0.25, 0.3) is 0 Å². The van der Waals surface area contributed by atoms with Crippen LogP contribution in [-0.2, 0) is 4.79 Å². The van der Waals surface area contributed by atoms with Crippen molar-refractivity contribution in [3.63, 3.8) is 0 Å². The highest BCUT2D eigenvalue weighted by Gasteiger charge is 2.29. The zero-order valence-corrected chi connectivity index (χ0v) is 11.6. The van der Waals surface area contributed by atoms with Crippen LogP contribution in [0.5, 0.6) is 5.75 Å². The molecule has 0 bridgehead atoms. The largest absolute Gasteiger partial charge is 0.495 e. The lowest BCUT2D eigenvalue weighted by atomic mass is 10.0. The van der Waals surface area contributed by atoms with Gasteiger partial charge in [-0.25, -0.2) is 0 Å². The molecule has 2 heterocycles. The Morgan fingerprint density at radius 1 is 1.58 bits per heavy atom. The van der Waals surface area contributed by atoms with Crippen LogP contribution in [-0.4, -0.2) is 42.1 Å². The van der Waals surface area contributed by atoms with Crippen molar-refractivity contribution in [1.29, 1.82) is 0 Å². The van der Waals surface area contributed by atoms with Crippen molar-refractivity contribution in [2.75, 3.05) is 20.2 Å². The fourth-order valence-electron chi connectivity index (χ4n) is 2.34. The highest BCUT2D eigenvalue weighted by Crippen LogP contribution is 2.29. The summed E-state index contributed by atoms with van der Waals surface area (Å²) in [5, 5.41) is 10.5. The summed E-state index contributed by atoms with van der Waals surface area (Å²) in [5.74, 6) is 0.129. The average Bonchev–Trinajstić information content (AvgIpc) is 3.04. The van der Waals surface area contributed by atoms with Crippen LogP contribution < -0.4 is 4.74 Å². The quantitative estimate of drug-likeness (QED) is 0.898. The molecule has 1 unspecified atom stereocenters. The second-order valence-corrected chi connectivity index (χ2v) is 5.57. The minimum atomic E-state index is -0.773. The van der Waals surface area contributed by atoms with Crippen molar-refractivity contribution in [2.24, 2.45) is 5.92 Å². The molecule has 1 aromatic rings. The molecule has 0 aliphatic carbocycles. The number of carbonyl (C=O) groups excluding carboxylic acids is 1.